The highest BCUT2D eigenvalue weighted by atomic mass is 16.5. The minimum absolute atomic E-state index is 0.0865. The molecule has 2 heterocycles. The van der Waals surface area contributed by atoms with Crippen LogP contribution in [0.5, 0.6) is 5.88 Å². The highest BCUT2D eigenvalue weighted by Gasteiger charge is 2.35. The lowest BCUT2D eigenvalue weighted by Crippen LogP contribution is -2.54. The first-order valence-electron chi connectivity index (χ1n) is 9.04. The molecule has 1 fully saturated rings. The van der Waals surface area contributed by atoms with Crippen LogP contribution in [0.1, 0.15) is 23.2 Å². The van der Waals surface area contributed by atoms with Gasteiger partial charge >= 0.3 is 0 Å². The molecule has 0 spiro atoms. The quantitative estimate of drug-likeness (QED) is 0.863. The third-order valence-corrected chi connectivity index (χ3v) is 4.69. The first-order valence-corrected chi connectivity index (χ1v) is 9.04. The molecule has 7 heteroatoms. The molecule has 2 aromatic rings. The SMILES string of the molecule is COc1nccnc1-c1cccc(C(=O)N2CCC[C@](O)(CN(C)C)C2)c1. The Morgan fingerprint density at radius 2 is 2.11 bits per heavy atom. The second-order valence-corrected chi connectivity index (χ2v) is 7.29. The van der Waals surface area contributed by atoms with E-state index in [9.17, 15) is 9.90 Å². The molecule has 1 aliphatic rings. The van der Waals surface area contributed by atoms with Crippen molar-refractivity contribution in [3.63, 3.8) is 0 Å². The van der Waals surface area contributed by atoms with Gasteiger partial charge in [-0.25, -0.2) is 9.97 Å². The van der Waals surface area contributed by atoms with Gasteiger partial charge in [0, 0.05) is 36.6 Å². The lowest BCUT2D eigenvalue weighted by Gasteiger charge is -2.40. The van der Waals surface area contributed by atoms with Gasteiger partial charge in [0.1, 0.15) is 5.69 Å². The maximum absolute atomic E-state index is 13.0. The average Bonchev–Trinajstić information content (AvgIpc) is 2.66. The van der Waals surface area contributed by atoms with Crippen LogP contribution in [0.2, 0.25) is 0 Å². The second-order valence-electron chi connectivity index (χ2n) is 7.29. The predicted molar refractivity (Wildman–Crippen MR) is 103 cm³/mol. The number of hydrogen-bond donors (Lipinski definition) is 1. The molecular formula is C20H26N4O3. The van der Waals surface area contributed by atoms with E-state index >= 15 is 0 Å². The van der Waals surface area contributed by atoms with Crippen molar-refractivity contribution in [3.8, 4) is 17.1 Å². The molecule has 3 rings (SSSR count). The van der Waals surface area contributed by atoms with Crippen molar-refractivity contribution >= 4 is 5.91 Å². The number of ether oxygens (including phenoxy) is 1. The van der Waals surface area contributed by atoms with Crippen LogP contribution >= 0.6 is 0 Å². The van der Waals surface area contributed by atoms with Crippen molar-refractivity contribution < 1.29 is 14.6 Å². The lowest BCUT2D eigenvalue weighted by atomic mass is 9.92. The fourth-order valence-corrected chi connectivity index (χ4v) is 3.66. The van der Waals surface area contributed by atoms with E-state index in [1.54, 1.807) is 36.5 Å². The highest BCUT2D eigenvalue weighted by Crippen LogP contribution is 2.27. The molecule has 1 N–H and O–H groups in total. The van der Waals surface area contributed by atoms with Crippen molar-refractivity contribution in [1.29, 1.82) is 0 Å². The predicted octanol–water partition coefficient (Wildman–Crippen LogP) is 1.68. The summed E-state index contributed by atoms with van der Waals surface area (Å²) in [5.74, 6) is 0.331. The third-order valence-electron chi connectivity index (χ3n) is 4.69. The summed E-state index contributed by atoms with van der Waals surface area (Å²) < 4.78 is 5.27. The fraction of sp³-hybridized carbons (Fsp3) is 0.450. The number of amides is 1. The van der Waals surface area contributed by atoms with Gasteiger partial charge in [-0.3, -0.25) is 4.79 Å². The average molecular weight is 370 g/mol. The van der Waals surface area contributed by atoms with Crippen molar-refractivity contribution in [3.05, 3.63) is 42.2 Å². The number of methoxy groups -OCH3 is 1. The molecule has 1 amide bonds. The molecule has 1 atom stereocenters. The lowest BCUT2D eigenvalue weighted by molar-refractivity contribution is -0.0391. The molecular weight excluding hydrogens is 344 g/mol. The number of aromatic nitrogens is 2. The summed E-state index contributed by atoms with van der Waals surface area (Å²) in [5, 5.41) is 10.8. The van der Waals surface area contributed by atoms with E-state index in [-0.39, 0.29) is 5.91 Å². The van der Waals surface area contributed by atoms with E-state index in [2.05, 4.69) is 9.97 Å². The fourth-order valence-electron chi connectivity index (χ4n) is 3.66. The highest BCUT2D eigenvalue weighted by molar-refractivity contribution is 5.95. The van der Waals surface area contributed by atoms with E-state index in [0.717, 1.165) is 12.0 Å². The van der Waals surface area contributed by atoms with Crippen molar-refractivity contribution in [2.24, 2.45) is 0 Å². The van der Waals surface area contributed by atoms with Gasteiger partial charge in [-0.05, 0) is 39.1 Å². The maximum atomic E-state index is 13.0. The van der Waals surface area contributed by atoms with Gasteiger partial charge in [-0.2, -0.15) is 0 Å². The number of likely N-dealkylation sites (N-methyl/N-ethyl adjacent to an activating group) is 1. The Balaban J connectivity index is 1.83. The molecule has 1 saturated heterocycles. The topological polar surface area (TPSA) is 78.8 Å². The molecule has 0 unspecified atom stereocenters. The number of rotatable bonds is 5. The number of benzene rings is 1. The number of carbonyl (C=O) groups is 1. The summed E-state index contributed by atoms with van der Waals surface area (Å²) in [5.41, 5.74) is 1.06. The first-order chi connectivity index (χ1) is 12.9. The summed E-state index contributed by atoms with van der Waals surface area (Å²) in [6, 6.07) is 7.29. The summed E-state index contributed by atoms with van der Waals surface area (Å²) in [6.45, 7) is 1.52. The zero-order valence-electron chi connectivity index (χ0n) is 16.1. The first kappa shape index (κ1) is 19.3. The molecule has 1 aliphatic heterocycles. The van der Waals surface area contributed by atoms with Gasteiger partial charge in [0.05, 0.1) is 19.3 Å². The molecule has 27 heavy (non-hydrogen) atoms. The minimum atomic E-state index is -0.872. The van der Waals surface area contributed by atoms with Crippen LogP contribution in [0.25, 0.3) is 11.3 Å². The largest absolute Gasteiger partial charge is 0.479 e. The van der Waals surface area contributed by atoms with Crippen molar-refractivity contribution in [1.82, 2.24) is 19.8 Å². The van der Waals surface area contributed by atoms with Gasteiger partial charge in [0.15, 0.2) is 0 Å². The summed E-state index contributed by atoms with van der Waals surface area (Å²) in [6.07, 6.45) is 4.65. The monoisotopic (exact) mass is 370 g/mol. The Hall–Kier alpha value is -2.51. The van der Waals surface area contributed by atoms with Crippen LogP contribution in [0.15, 0.2) is 36.7 Å². The zero-order chi connectivity index (χ0) is 19.4. The number of nitrogens with zero attached hydrogens (tertiary/aromatic N) is 4. The second kappa shape index (κ2) is 8.02. The van der Waals surface area contributed by atoms with E-state index in [1.807, 2.05) is 31.1 Å². The summed E-state index contributed by atoms with van der Waals surface area (Å²) in [4.78, 5) is 25.2. The van der Waals surface area contributed by atoms with Crippen molar-refractivity contribution in [2.45, 2.75) is 18.4 Å². The van der Waals surface area contributed by atoms with Gasteiger partial charge < -0.3 is 19.6 Å². The van der Waals surface area contributed by atoms with Crippen LogP contribution < -0.4 is 4.74 Å². The molecule has 1 aromatic carbocycles. The standard InChI is InChI=1S/C20H26N4O3/c1-23(2)13-20(26)8-5-11-24(14-20)19(25)16-7-4-6-15(12-16)17-18(27-3)22-10-9-21-17/h4,6-7,9-10,12,26H,5,8,11,13-14H2,1-3H3/t20-/m0/s1. The summed E-state index contributed by atoms with van der Waals surface area (Å²) in [7, 11) is 5.40. The zero-order valence-corrected chi connectivity index (χ0v) is 16.1. The van der Waals surface area contributed by atoms with E-state index in [1.165, 1.54) is 0 Å². The number of piperidine rings is 1. The normalized spacial score (nSPS) is 20.0. The Morgan fingerprint density at radius 1 is 1.33 bits per heavy atom. The van der Waals surface area contributed by atoms with Gasteiger partial charge in [-0.15, -0.1) is 0 Å². The van der Waals surface area contributed by atoms with Crippen LogP contribution in [0.4, 0.5) is 0 Å². The number of carbonyl (C=O) groups excluding carboxylic acids is 1. The van der Waals surface area contributed by atoms with Crippen molar-refractivity contribution in [2.75, 3.05) is 40.8 Å². The Kier molecular flexibility index (Phi) is 5.72. The molecule has 144 valence electrons. The molecule has 0 bridgehead atoms. The van der Waals surface area contributed by atoms with Crippen LogP contribution in [-0.2, 0) is 0 Å². The third kappa shape index (κ3) is 4.43. The maximum Gasteiger partial charge on any atom is 0.253 e. The number of β-amino-alcohol motifs (C(OH)–C–C–N with tert-alkyl or cyclic N) is 1. The van der Waals surface area contributed by atoms with E-state index in [4.69, 9.17) is 4.74 Å². The summed E-state index contributed by atoms with van der Waals surface area (Å²) >= 11 is 0. The van der Waals surface area contributed by atoms with E-state index < -0.39 is 5.60 Å². The number of aliphatic hydroxyl groups is 1. The Labute approximate surface area is 159 Å². The number of hydrogen-bond acceptors (Lipinski definition) is 6. The van der Waals surface area contributed by atoms with Crippen LogP contribution in [-0.4, -0.2) is 77.2 Å². The van der Waals surface area contributed by atoms with Crippen LogP contribution in [0, 0.1) is 0 Å². The van der Waals surface area contributed by atoms with E-state index in [0.29, 0.717) is 43.2 Å². The van der Waals surface area contributed by atoms with Gasteiger partial charge in [-0.1, -0.05) is 12.1 Å². The Morgan fingerprint density at radius 3 is 2.85 bits per heavy atom. The minimum Gasteiger partial charge on any atom is -0.479 e. The molecule has 7 nitrogen and oxygen atoms in total. The molecule has 0 saturated carbocycles. The van der Waals surface area contributed by atoms with Gasteiger partial charge in [0.25, 0.3) is 5.91 Å². The molecule has 1 aromatic heterocycles. The Bertz CT molecular complexity index is 811. The smallest absolute Gasteiger partial charge is 0.253 e. The number of likely N-dealkylation sites (tertiary alicyclic amines) is 1. The molecule has 0 aliphatic carbocycles. The van der Waals surface area contributed by atoms with Crippen LogP contribution in [0.3, 0.4) is 0 Å². The van der Waals surface area contributed by atoms with Gasteiger partial charge in [0.2, 0.25) is 5.88 Å². The molecule has 0 radical (unpaired) electrons.